The molecule has 0 aliphatic carbocycles. The van der Waals surface area contributed by atoms with Gasteiger partial charge in [0.15, 0.2) is 0 Å². The van der Waals surface area contributed by atoms with Gasteiger partial charge in [0.05, 0.1) is 5.56 Å². The van der Waals surface area contributed by atoms with Crippen molar-refractivity contribution in [1.29, 1.82) is 0 Å². The molecule has 1 unspecified atom stereocenters. The molecule has 0 bridgehead atoms. The van der Waals surface area contributed by atoms with Crippen LogP contribution in [0.15, 0.2) is 10.5 Å². The lowest BCUT2D eigenvalue weighted by atomic mass is 10.1. The molecule has 7 nitrogen and oxygen atoms in total. The Morgan fingerprint density at radius 2 is 2.00 bits per heavy atom. The minimum Gasteiger partial charge on any atom is -0.480 e. The quantitative estimate of drug-likeness (QED) is 0.905. The summed E-state index contributed by atoms with van der Waals surface area (Å²) in [5.74, 6) is -0.0322. The summed E-state index contributed by atoms with van der Waals surface area (Å²) in [5, 5.41) is 8.99. The minimum absolute atomic E-state index is 0.0717. The first-order valence-electron chi connectivity index (χ1n) is 8.15. The van der Waals surface area contributed by atoms with Gasteiger partial charge in [-0.05, 0) is 39.2 Å². The zero-order valence-corrected chi connectivity index (χ0v) is 14.4. The van der Waals surface area contributed by atoms with Crippen LogP contribution in [-0.4, -0.2) is 58.4 Å². The number of carboxylic acid groups (broad SMARTS) is 1. The number of aliphatic carboxylic acids is 1. The van der Waals surface area contributed by atoms with Gasteiger partial charge in [-0.25, -0.2) is 0 Å². The average Bonchev–Trinajstić information content (AvgIpc) is 2.71. The molecule has 0 aromatic carbocycles. The molecule has 0 radical (unpaired) electrons. The zero-order valence-electron chi connectivity index (χ0n) is 14.4. The topological polar surface area (TPSA) is 91.1 Å². The monoisotopic (exact) mass is 336 g/mol. The molecule has 2 rings (SSSR count). The van der Waals surface area contributed by atoms with Crippen LogP contribution in [0.2, 0.25) is 0 Å². The third-order valence-electron chi connectivity index (χ3n) is 4.41. The summed E-state index contributed by atoms with van der Waals surface area (Å²) in [6.07, 6.45) is 2.00. The Kier molecular flexibility index (Phi) is 5.64. The molecule has 132 valence electrons. The fraction of sp³-hybridized carbons (Fsp3) is 0.588. The highest BCUT2D eigenvalue weighted by molar-refractivity contribution is 5.95. The number of hydrogen-bond acceptors (Lipinski definition) is 4. The first-order valence-corrected chi connectivity index (χ1v) is 8.15. The van der Waals surface area contributed by atoms with Gasteiger partial charge < -0.3 is 19.3 Å². The third-order valence-corrected chi connectivity index (χ3v) is 4.41. The molecule has 1 aliphatic rings. The molecule has 1 fully saturated rings. The molecule has 2 amide bonds. The second-order valence-electron chi connectivity index (χ2n) is 6.24. The van der Waals surface area contributed by atoms with E-state index < -0.39 is 5.97 Å². The number of rotatable bonds is 4. The van der Waals surface area contributed by atoms with E-state index in [1.54, 1.807) is 24.8 Å². The second kappa shape index (κ2) is 7.51. The summed E-state index contributed by atoms with van der Waals surface area (Å²) in [5.41, 5.74) is 0.569. The lowest BCUT2D eigenvalue weighted by Crippen LogP contribution is -2.43. The van der Waals surface area contributed by atoms with Crippen LogP contribution in [0.5, 0.6) is 0 Å². The molecule has 1 aromatic rings. The van der Waals surface area contributed by atoms with Crippen molar-refractivity contribution >= 4 is 17.8 Å². The van der Waals surface area contributed by atoms with Crippen LogP contribution in [-0.2, 0) is 9.59 Å². The predicted octanol–water partition coefficient (Wildman–Crippen LogP) is 1.82. The van der Waals surface area contributed by atoms with Crippen molar-refractivity contribution in [2.24, 2.45) is 0 Å². The highest BCUT2D eigenvalue weighted by atomic mass is 16.4. The maximum absolute atomic E-state index is 12.7. The number of carboxylic acids is 1. The third kappa shape index (κ3) is 4.15. The summed E-state index contributed by atoms with van der Waals surface area (Å²) in [7, 11) is 0. The number of hydrogen-bond donors (Lipinski definition) is 1. The number of amides is 2. The molecule has 7 heteroatoms. The van der Waals surface area contributed by atoms with Crippen LogP contribution < -0.4 is 0 Å². The Morgan fingerprint density at radius 1 is 1.29 bits per heavy atom. The van der Waals surface area contributed by atoms with Crippen LogP contribution in [0, 0.1) is 13.8 Å². The highest BCUT2D eigenvalue weighted by Crippen LogP contribution is 2.21. The van der Waals surface area contributed by atoms with Crippen LogP contribution in [0.1, 0.15) is 48.1 Å². The van der Waals surface area contributed by atoms with E-state index in [1.807, 2.05) is 0 Å². The zero-order chi connectivity index (χ0) is 17.9. The molecule has 0 saturated carbocycles. The standard InChI is InChI=1S/C17H24N2O5/c1-11-9-15(12(2)24-11)17(23)18-7-4-5-14(6-8-18)19(13(3)20)10-16(21)22/h9,14H,4-8,10H2,1-3H3,(H,21,22). The number of carbonyl (C=O) groups excluding carboxylic acids is 2. The van der Waals surface area contributed by atoms with E-state index in [1.165, 1.54) is 11.8 Å². The molecule has 1 aromatic heterocycles. The van der Waals surface area contributed by atoms with Gasteiger partial charge in [0, 0.05) is 26.1 Å². The molecule has 1 atom stereocenters. The molecular weight excluding hydrogens is 312 g/mol. The number of carbonyl (C=O) groups is 3. The maximum Gasteiger partial charge on any atom is 0.323 e. The van der Waals surface area contributed by atoms with Gasteiger partial charge in [-0.3, -0.25) is 14.4 Å². The fourth-order valence-electron chi connectivity index (χ4n) is 3.25. The second-order valence-corrected chi connectivity index (χ2v) is 6.24. The Labute approximate surface area is 141 Å². The van der Waals surface area contributed by atoms with Gasteiger partial charge >= 0.3 is 5.97 Å². The molecule has 2 heterocycles. The van der Waals surface area contributed by atoms with Gasteiger partial charge in [0.1, 0.15) is 18.1 Å². The fourth-order valence-corrected chi connectivity index (χ4v) is 3.25. The lowest BCUT2D eigenvalue weighted by molar-refractivity contribution is -0.145. The maximum atomic E-state index is 12.7. The van der Waals surface area contributed by atoms with Crippen LogP contribution >= 0.6 is 0 Å². The lowest BCUT2D eigenvalue weighted by Gasteiger charge is -2.28. The minimum atomic E-state index is -1.02. The molecule has 1 aliphatic heterocycles. The van der Waals surface area contributed by atoms with E-state index in [9.17, 15) is 14.4 Å². The van der Waals surface area contributed by atoms with Crippen molar-refractivity contribution in [1.82, 2.24) is 9.80 Å². The Hall–Kier alpha value is -2.31. The van der Waals surface area contributed by atoms with E-state index in [0.717, 1.165) is 6.42 Å². The van der Waals surface area contributed by atoms with Crippen LogP contribution in [0.4, 0.5) is 0 Å². The Morgan fingerprint density at radius 3 is 2.54 bits per heavy atom. The smallest absolute Gasteiger partial charge is 0.323 e. The number of aryl methyl sites for hydroxylation is 2. The molecule has 24 heavy (non-hydrogen) atoms. The van der Waals surface area contributed by atoms with Gasteiger partial charge in [-0.2, -0.15) is 0 Å². The van der Waals surface area contributed by atoms with Crippen molar-refractivity contribution < 1.29 is 23.9 Å². The summed E-state index contributed by atoms with van der Waals surface area (Å²) < 4.78 is 5.43. The first-order chi connectivity index (χ1) is 11.3. The molecular formula is C17H24N2O5. The number of likely N-dealkylation sites (tertiary alicyclic amines) is 1. The van der Waals surface area contributed by atoms with Gasteiger partial charge in [-0.15, -0.1) is 0 Å². The van der Waals surface area contributed by atoms with E-state index in [-0.39, 0.29) is 24.4 Å². The van der Waals surface area contributed by atoms with E-state index in [0.29, 0.717) is 43.0 Å². The molecule has 1 N–H and O–H groups in total. The number of nitrogens with zero attached hydrogens (tertiary/aromatic N) is 2. The van der Waals surface area contributed by atoms with Crippen molar-refractivity contribution in [2.45, 2.75) is 46.1 Å². The Bertz CT molecular complexity index is 637. The largest absolute Gasteiger partial charge is 0.480 e. The molecule has 1 saturated heterocycles. The van der Waals surface area contributed by atoms with Crippen LogP contribution in [0.3, 0.4) is 0 Å². The van der Waals surface area contributed by atoms with E-state index >= 15 is 0 Å². The van der Waals surface area contributed by atoms with Gasteiger partial charge in [-0.1, -0.05) is 0 Å². The van der Waals surface area contributed by atoms with Crippen molar-refractivity contribution in [3.05, 3.63) is 23.2 Å². The summed E-state index contributed by atoms with van der Waals surface area (Å²) in [6, 6.07) is 1.59. The normalized spacial score (nSPS) is 18.1. The Balaban J connectivity index is 2.06. The van der Waals surface area contributed by atoms with Crippen LogP contribution in [0.25, 0.3) is 0 Å². The predicted molar refractivity (Wildman–Crippen MR) is 86.7 cm³/mol. The summed E-state index contributed by atoms with van der Waals surface area (Å²) in [6.45, 7) is 5.75. The van der Waals surface area contributed by atoms with E-state index in [2.05, 4.69) is 0 Å². The summed E-state index contributed by atoms with van der Waals surface area (Å²) in [4.78, 5) is 38.5. The highest BCUT2D eigenvalue weighted by Gasteiger charge is 2.28. The van der Waals surface area contributed by atoms with Crippen molar-refractivity contribution in [3.63, 3.8) is 0 Å². The average molecular weight is 336 g/mol. The van der Waals surface area contributed by atoms with Crippen molar-refractivity contribution in [3.8, 4) is 0 Å². The summed E-state index contributed by atoms with van der Waals surface area (Å²) >= 11 is 0. The SMILES string of the molecule is CC(=O)N(CC(=O)O)C1CCCN(C(=O)c2cc(C)oc2C)CC1. The molecule has 0 spiro atoms. The number of furan rings is 1. The van der Waals surface area contributed by atoms with Crippen molar-refractivity contribution in [2.75, 3.05) is 19.6 Å². The van der Waals surface area contributed by atoms with E-state index in [4.69, 9.17) is 9.52 Å². The first kappa shape index (κ1) is 18.0. The van der Waals surface area contributed by atoms with Gasteiger partial charge in [0.2, 0.25) is 5.91 Å². The van der Waals surface area contributed by atoms with Gasteiger partial charge in [0.25, 0.3) is 5.91 Å².